The van der Waals surface area contributed by atoms with E-state index >= 15 is 0 Å². The Kier molecular flexibility index (Phi) is 6.11. The maximum absolute atomic E-state index is 10.5. The van der Waals surface area contributed by atoms with Gasteiger partial charge in [0.25, 0.3) is 5.69 Å². The largest absolute Gasteiger partial charge is 0.394 e. The van der Waals surface area contributed by atoms with Crippen molar-refractivity contribution < 1.29 is 30.1 Å². The Morgan fingerprint density at radius 2 is 1.75 bits per heavy atom. The van der Waals surface area contributed by atoms with Gasteiger partial charge in [-0.15, -0.1) is 0 Å². The number of aliphatic hydroxyl groups is 4. The van der Waals surface area contributed by atoms with Crippen LogP contribution < -0.4 is 5.43 Å². The second-order valence-corrected chi connectivity index (χ2v) is 5.21. The molecule has 1 aromatic carbocycles. The molecule has 11 nitrogen and oxygen atoms in total. The zero-order valence-corrected chi connectivity index (χ0v) is 12.5. The highest BCUT2D eigenvalue weighted by Gasteiger charge is 2.43. The number of hydrogen-bond donors (Lipinski definition) is 5. The van der Waals surface area contributed by atoms with Crippen molar-refractivity contribution >= 4 is 11.4 Å². The first-order valence-corrected chi connectivity index (χ1v) is 7.11. The van der Waals surface area contributed by atoms with Crippen molar-refractivity contribution in [1.82, 2.24) is 0 Å². The normalized spacial score (nSPS) is 30.4. The van der Waals surface area contributed by atoms with Gasteiger partial charge in [-0.3, -0.25) is 15.5 Å². The molecule has 1 aliphatic rings. The predicted molar refractivity (Wildman–Crippen MR) is 80.2 cm³/mol. The molecule has 5 N–H and O–H groups in total. The van der Waals surface area contributed by atoms with Gasteiger partial charge in [0.05, 0.1) is 23.8 Å². The smallest absolute Gasteiger partial charge is 0.269 e. The van der Waals surface area contributed by atoms with Crippen LogP contribution in [0.3, 0.4) is 0 Å². The number of nitrogens with one attached hydrogen (secondary N) is 1. The third-order valence-corrected chi connectivity index (χ3v) is 3.58. The van der Waals surface area contributed by atoms with Crippen molar-refractivity contribution in [3.05, 3.63) is 34.4 Å². The van der Waals surface area contributed by atoms with Gasteiger partial charge in [-0.05, 0) is 12.1 Å². The van der Waals surface area contributed by atoms with Gasteiger partial charge >= 0.3 is 0 Å². The summed E-state index contributed by atoms with van der Waals surface area (Å²) >= 11 is 0. The third-order valence-electron chi connectivity index (χ3n) is 3.58. The molecule has 5 atom stereocenters. The van der Waals surface area contributed by atoms with Crippen LogP contribution in [-0.2, 0) is 4.74 Å². The van der Waals surface area contributed by atoms with Gasteiger partial charge in [-0.25, -0.2) is 0 Å². The second kappa shape index (κ2) is 8.08. The van der Waals surface area contributed by atoms with E-state index in [2.05, 4.69) is 15.8 Å². The van der Waals surface area contributed by atoms with Gasteiger partial charge in [-0.1, -0.05) is 5.22 Å². The van der Waals surface area contributed by atoms with Crippen molar-refractivity contribution in [1.29, 1.82) is 0 Å². The molecule has 132 valence electrons. The zero-order chi connectivity index (χ0) is 17.7. The molecule has 0 aliphatic carbocycles. The quantitative estimate of drug-likeness (QED) is 0.254. The summed E-state index contributed by atoms with van der Waals surface area (Å²) in [6, 6.07) is 5.50. The number of ether oxygens (including phenoxy) is 1. The highest BCUT2D eigenvalue weighted by atomic mass is 16.6. The minimum Gasteiger partial charge on any atom is -0.394 e. The summed E-state index contributed by atoms with van der Waals surface area (Å²) in [5.41, 5.74) is 2.96. The van der Waals surface area contributed by atoms with Gasteiger partial charge in [0, 0.05) is 12.1 Å². The molecular weight excluding hydrogens is 324 g/mol. The van der Waals surface area contributed by atoms with Crippen LogP contribution in [0, 0.1) is 10.1 Å². The van der Waals surface area contributed by atoms with E-state index in [0.717, 1.165) is 0 Å². The average Bonchev–Trinajstić information content (AvgIpc) is 2.58. The molecule has 0 saturated carbocycles. The second-order valence-electron chi connectivity index (χ2n) is 5.21. The van der Waals surface area contributed by atoms with Crippen LogP contribution in [-0.4, -0.2) is 69.0 Å². The van der Waals surface area contributed by atoms with Crippen LogP contribution in [0.25, 0.3) is 0 Å². The summed E-state index contributed by atoms with van der Waals surface area (Å²) in [7, 11) is 0. The first-order valence-electron chi connectivity index (χ1n) is 7.11. The predicted octanol–water partition coefficient (Wildman–Crippen LogP) is -0.784. The molecule has 0 amide bonds. The first kappa shape index (κ1) is 18.2. The lowest BCUT2D eigenvalue weighted by Gasteiger charge is -2.39. The van der Waals surface area contributed by atoms with Gasteiger partial charge in [-0.2, -0.15) is 5.11 Å². The highest BCUT2D eigenvalue weighted by Crippen LogP contribution is 2.21. The summed E-state index contributed by atoms with van der Waals surface area (Å²) < 4.78 is 5.26. The monoisotopic (exact) mass is 342 g/mol. The fourth-order valence-corrected chi connectivity index (χ4v) is 2.20. The summed E-state index contributed by atoms with van der Waals surface area (Å²) in [6.07, 6.45) is -6.19. The lowest BCUT2D eigenvalue weighted by Crippen LogP contribution is -2.59. The summed E-state index contributed by atoms with van der Waals surface area (Å²) in [5, 5.41) is 56.1. The van der Waals surface area contributed by atoms with E-state index in [0.29, 0.717) is 5.69 Å². The van der Waals surface area contributed by atoms with Crippen LogP contribution in [0.5, 0.6) is 0 Å². The van der Waals surface area contributed by atoms with Crippen molar-refractivity contribution in [3.8, 4) is 0 Å². The van der Waals surface area contributed by atoms with Crippen LogP contribution in [0.1, 0.15) is 0 Å². The van der Waals surface area contributed by atoms with Crippen molar-refractivity contribution in [2.45, 2.75) is 30.5 Å². The number of anilines is 1. The van der Waals surface area contributed by atoms with Gasteiger partial charge in [0.2, 0.25) is 0 Å². The van der Waals surface area contributed by atoms with E-state index in [-0.39, 0.29) is 12.2 Å². The Morgan fingerprint density at radius 3 is 2.33 bits per heavy atom. The van der Waals surface area contributed by atoms with E-state index in [1.807, 2.05) is 0 Å². The average molecular weight is 342 g/mol. The fourth-order valence-electron chi connectivity index (χ4n) is 2.20. The maximum atomic E-state index is 10.5. The molecule has 0 aromatic heterocycles. The molecule has 11 heteroatoms. The third kappa shape index (κ3) is 4.21. The number of nitro groups is 1. The molecular formula is C13H18N4O7. The van der Waals surface area contributed by atoms with Gasteiger partial charge in [0.1, 0.15) is 30.5 Å². The highest BCUT2D eigenvalue weighted by molar-refractivity contribution is 5.47. The SMILES string of the molecule is O=[N+]([O-])c1ccc(NN=NC[C@H]2O[C@H](CO)[C@H](O)[C@H](O)[C@H]2O)cc1. The number of aliphatic hydroxyl groups excluding tert-OH is 4. The van der Waals surface area contributed by atoms with Crippen molar-refractivity contribution in [2.24, 2.45) is 10.3 Å². The maximum Gasteiger partial charge on any atom is 0.269 e. The molecule has 1 fully saturated rings. The lowest BCUT2D eigenvalue weighted by atomic mass is 9.95. The molecule has 1 heterocycles. The topological polar surface area (TPSA) is 170 Å². The number of rotatable bonds is 6. The molecule has 0 unspecified atom stereocenters. The molecule has 24 heavy (non-hydrogen) atoms. The summed E-state index contributed by atoms with van der Waals surface area (Å²) in [4.78, 5) is 10.0. The fraction of sp³-hybridized carbons (Fsp3) is 0.538. The molecule has 1 aromatic rings. The summed E-state index contributed by atoms with van der Waals surface area (Å²) in [5.74, 6) is 0. The molecule has 1 aliphatic heterocycles. The molecule has 0 spiro atoms. The minimum absolute atomic E-state index is 0.0567. The Morgan fingerprint density at radius 1 is 1.12 bits per heavy atom. The number of non-ortho nitro benzene ring substituents is 1. The molecule has 0 radical (unpaired) electrons. The van der Waals surface area contributed by atoms with E-state index in [9.17, 15) is 25.4 Å². The Balaban J connectivity index is 1.87. The zero-order valence-electron chi connectivity index (χ0n) is 12.5. The van der Waals surface area contributed by atoms with Crippen LogP contribution in [0.15, 0.2) is 34.6 Å². The Labute approximate surface area is 136 Å². The van der Waals surface area contributed by atoms with E-state index < -0.39 is 42.1 Å². The van der Waals surface area contributed by atoms with Gasteiger partial charge in [0.15, 0.2) is 0 Å². The Hall–Kier alpha value is -2.18. The molecule has 1 saturated heterocycles. The lowest BCUT2D eigenvalue weighted by molar-refractivity contribution is -0.384. The van der Waals surface area contributed by atoms with E-state index in [1.54, 1.807) is 0 Å². The van der Waals surface area contributed by atoms with Crippen molar-refractivity contribution in [2.75, 3.05) is 18.6 Å². The van der Waals surface area contributed by atoms with E-state index in [1.165, 1.54) is 24.3 Å². The first-order chi connectivity index (χ1) is 11.4. The van der Waals surface area contributed by atoms with Crippen LogP contribution in [0.2, 0.25) is 0 Å². The number of nitro benzene ring substituents is 1. The van der Waals surface area contributed by atoms with Crippen molar-refractivity contribution in [3.63, 3.8) is 0 Å². The van der Waals surface area contributed by atoms with E-state index in [4.69, 9.17) is 9.84 Å². The standard InChI is InChI=1S/C13H18N4O7/c18-6-10-12(20)13(21)11(19)9(24-10)5-14-16-15-7-1-3-8(4-2-7)17(22)23/h1-4,9-13,18-21H,5-6H2,(H,14,15)/t9-,10-,11+,12+,13-/m1/s1. The summed E-state index contributed by atoms with van der Waals surface area (Å²) in [6.45, 7) is -0.638. The molecule has 0 bridgehead atoms. The number of hydrogen-bond acceptors (Lipinski definition) is 9. The number of nitrogens with zero attached hydrogens (tertiary/aromatic N) is 3. The molecule has 2 rings (SSSR count). The van der Waals surface area contributed by atoms with Gasteiger partial charge < -0.3 is 25.2 Å². The minimum atomic E-state index is -1.46. The Bertz CT molecular complexity index is 580. The number of benzene rings is 1. The van der Waals surface area contributed by atoms with Crippen LogP contribution >= 0.6 is 0 Å². The van der Waals surface area contributed by atoms with Crippen LogP contribution in [0.4, 0.5) is 11.4 Å².